The van der Waals surface area contributed by atoms with Crippen molar-refractivity contribution < 1.29 is 4.79 Å². The summed E-state index contributed by atoms with van der Waals surface area (Å²) >= 11 is 0. The summed E-state index contributed by atoms with van der Waals surface area (Å²) in [6.07, 6.45) is 1.82. The molecule has 0 saturated carbocycles. The molecule has 4 heteroatoms. The summed E-state index contributed by atoms with van der Waals surface area (Å²) in [6, 6.07) is 10.1. The second-order valence-corrected chi connectivity index (χ2v) is 5.81. The first-order valence-corrected chi connectivity index (χ1v) is 7.17. The summed E-state index contributed by atoms with van der Waals surface area (Å²) in [5.41, 5.74) is 9.42. The second kappa shape index (κ2) is 6.04. The molecule has 1 amide bonds. The number of rotatable bonds is 4. The van der Waals surface area contributed by atoms with E-state index in [1.165, 1.54) is 5.56 Å². The van der Waals surface area contributed by atoms with E-state index in [9.17, 15) is 4.79 Å². The van der Waals surface area contributed by atoms with Crippen LogP contribution in [0.4, 0.5) is 5.69 Å². The number of nitrogen functional groups attached to an aromatic ring is 1. The van der Waals surface area contributed by atoms with Crippen molar-refractivity contribution in [3.8, 4) is 0 Å². The standard InChI is InChI=1S/C17H23N3O/c1-12(2)20-11-15(18)9-16(20)17(21)19(4)10-14-7-5-6-13(3)8-14/h5-9,11-12H,10,18H2,1-4H3. The van der Waals surface area contributed by atoms with E-state index < -0.39 is 0 Å². The number of aromatic nitrogens is 1. The zero-order valence-corrected chi connectivity index (χ0v) is 13.1. The van der Waals surface area contributed by atoms with Gasteiger partial charge in [0.05, 0.1) is 5.69 Å². The lowest BCUT2D eigenvalue weighted by Crippen LogP contribution is -2.28. The highest BCUT2D eigenvalue weighted by molar-refractivity contribution is 5.93. The third-order valence-electron chi connectivity index (χ3n) is 3.49. The fourth-order valence-corrected chi connectivity index (χ4v) is 2.45. The molecule has 112 valence electrons. The number of hydrogen-bond donors (Lipinski definition) is 1. The molecule has 2 N–H and O–H groups in total. The summed E-state index contributed by atoms with van der Waals surface area (Å²) in [5.74, 6) is -0.0121. The number of nitrogens with two attached hydrogens (primary N) is 1. The summed E-state index contributed by atoms with van der Waals surface area (Å²) in [4.78, 5) is 14.3. The summed E-state index contributed by atoms with van der Waals surface area (Å²) in [5, 5.41) is 0. The Morgan fingerprint density at radius 3 is 2.67 bits per heavy atom. The number of benzene rings is 1. The Morgan fingerprint density at radius 2 is 2.05 bits per heavy atom. The zero-order valence-electron chi connectivity index (χ0n) is 13.1. The Balaban J connectivity index is 2.20. The van der Waals surface area contributed by atoms with Gasteiger partial charge in [-0.3, -0.25) is 4.79 Å². The molecule has 4 nitrogen and oxygen atoms in total. The van der Waals surface area contributed by atoms with Gasteiger partial charge in [0.2, 0.25) is 0 Å². The molecular weight excluding hydrogens is 262 g/mol. The molecule has 1 aromatic heterocycles. The minimum absolute atomic E-state index is 0.0121. The molecule has 0 bridgehead atoms. The van der Waals surface area contributed by atoms with E-state index in [2.05, 4.69) is 19.1 Å². The monoisotopic (exact) mass is 285 g/mol. The molecule has 2 aromatic rings. The highest BCUT2D eigenvalue weighted by atomic mass is 16.2. The van der Waals surface area contributed by atoms with Crippen molar-refractivity contribution in [2.24, 2.45) is 0 Å². The molecule has 2 rings (SSSR count). The van der Waals surface area contributed by atoms with E-state index in [0.717, 1.165) is 5.56 Å². The number of aryl methyl sites for hydroxylation is 1. The van der Waals surface area contributed by atoms with Crippen LogP contribution in [0.3, 0.4) is 0 Å². The lowest BCUT2D eigenvalue weighted by molar-refractivity contribution is 0.0772. The van der Waals surface area contributed by atoms with Gasteiger partial charge in [-0.1, -0.05) is 29.8 Å². The van der Waals surface area contributed by atoms with Gasteiger partial charge in [-0.25, -0.2) is 0 Å². The third-order valence-corrected chi connectivity index (χ3v) is 3.49. The van der Waals surface area contributed by atoms with Crippen molar-refractivity contribution >= 4 is 11.6 Å². The van der Waals surface area contributed by atoms with Gasteiger partial charge in [0.15, 0.2) is 0 Å². The van der Waals surface area contributed by atoms with Crippen LogP contribution in [-0.4, -0.2) is 22.4 Å². The Hall–Kier alpha value is -2.23. The van der Waals surface area contributed by atoms with Crippen molar-refractivity contribution in [2.75, 3.05) is 12.8 Å². The van der Waals surface area contributed by atoms with Gasteiger partial charge in [-0.15, -0.1) is 0 Å². The number of amides is 1. The second-order valence-electron chi connectivity index (χ2n) is 5.81. The van der Waals surface area contributed by atoms with Crippen LogP contribution < -0.4 is 5.73 Å². The minimum atomic E-state index is -0.0121. The summed E-state index contributed by atoms with van der Waals surface area (Å²) in [7, 11) is 1.82. The van der Waals surface area contributed by atoms with Gasteiger partial charge >= 0.3 is 0 Å². The van der Waals surface area contributed by atoms with Crippen molar-refractivity contribution in [1.82, 2.24) is 9.47 Å². The Bertz CT molecular complexity index is 643. The maximum atomic E-state index is 12.6. The number of carbonyl (C=O) groups is 1. The molecule has 0 unspecified atom stereocenters. The van der Waals surface area contributed by atoms with E-state index >= 15 is 0 Å². The molecule has 1 heterocycles. The predicted octanol–water partition coefficient (Wildman–Crippen LogP) is 3.23. The average molecular weight is 285 g/mol. The van der Waals surface area contributed by atoms with Gasteiger partial charge in [0, 0.05) is 25.8 Å². The smallest absolute Gasteiger partial charge is 0.270 e. The average Bonchev–Trinajstić information content (AvgIpc) is 2.80. The first-order chi connectivity index (χ1) is 9.88. The van der Waals surface area contributed by atoms with Gasteiger partial charge in [0.1, 0.15) is 5.69 Å². The van der Waals surface area contributed by atoms with Gasteiger partial charge in [0.25, 0.3) is 5.91 Å². The van der Waals surface area contributed by atoms with Crippen LogP contribution in [0, 0.1) is 6.92 Å². The highest BCUT2D eigenvalue weighted by Crippen LogP contribution is 2.18. The molecular formula is C17H23N3O. The molecule has 0 saturated heterocycles. The summed E-state index contributed by atoms with van der Waals surface area (Å²) in [6.45, 7) is 6.72. The number of anilines is 1. The van der Waals surface area contributed by atoms with Crippen molar-refractivity contribution in [3.05, 3.63) is 53.3 Å². The molecule has 0 aliphatic carbocycles. The van der Waals surface area contributed by atoms with Crippen LogP contribution in [0.15, 0.2) is 36.5 Å². The molecule has 0 atom stereocenters. The van der Waals surface area contributed by atoms with Crippen LogP contribution >= 0.6 is 0 Å². The Labute approximate surface area is 126 Å². The van der Waals surface area contributed by atoms with Crippen molar-refractivity contribution in [2.45, 2.75) is 33.4 Å². The van der Waals surface area contributed by atoms with E-state index in [1.54, 1.807) is 11.0 Å². The maximum Gasteiger partial charge on any atom is 0.270 e. The van der Waals surface area contributed by atoms with Crippen molar-refractivity contribution in [3.63, 3.8) is 0 Å². The van der Waals surface area contributed by atoms with E-state index in [4.69, 9.17) is 5.73 Å². The Morgan fingerprint density at radius 1 is 1.33 bits per heavy atom. The first-order valence-electron chi connectivity index (χ1n) is 7.17. The van der Waals surface area contributed by atoms with Crippen LogP contribution in [0.2, 0.25) is 0 Å². The van der Waals surface area contributed by atoms with Crippen LogP contribution in [-0.2, 0) is 6.54 Å². The van der Waals surface area contributed by atoms with E-state index in [1.807, 2.05) is 43.8 Å². The molecule has 0 spiro atoms. The number of hydrogen-bond acceptors (Lipinski definition) is 2. The minimum Gasteiger partial charge on any atom is -0.397 e. The fourth-order valence-electron chi connectivity index (χ4n) is 2.45. The van der Waals surface area contributed by atoms with Gasteiger partial charge in [-0.2, -0.15) is 0 Å². The first kappa shape index (κ1) is 15.2. The summed E-state index contributed by atoms with van der Waals surface area (Å²) < 4.78 is 1.92. The largest absolute Gasteiger partial charge is 0.397 e. The topological polar surface area (TPSA) is 51.3 Å². The van der Waals surface area contributed by atoms with E-state index in [0.29, 0.717) is 17.9 Å². The van der Waals surface area contributed by atoms with Crippen LogP contribution in [0.25, 0.3) is 0 Å². The van der Waals surface area contributed by atoms with Crippen LogP contribution in [0.5, 0.6) is 0 Å². The normalized spacial score (nSPS) is 10.9. The SMILES string of the molecule is Cc1cccc(CN(C)C(=O)c2cc(N)cn2C(C)C)c1. The Kier molecular flexibility index (Phi) is 4.36. The zero-order chi connectivity index (χ0) is 15.6. The lowest BCUT2D eigenvalue weighted by atomic mass is 10.1. The molecule has 0 radical (unpaired) electrons. The predicted molar refractivity (Wildman–Crippen MR) is 86.2 cm³/mol. The molecule has 0 fully saturated rings. The molecule has 21 heavy (non-hydrogen) atoms. The quantitative estimate of drug-likeness (QED) is 0.937. The number of nitrogens with zero attached hydrogens (tertiary/aromatic N) is 2. The van der Waals surface area contributed by atoms with Crippen LogP contribution in [0.1, 0.15) is 41.5 Å². The number of carbonyl (C=O) groups excluding carboxylic acids is 1. The van der Waals surface area contributed by atoms with Gasteiger partial charge < -0.3 is 15.2 Å². The van der Waals surface area contributed by atoms with Crippen molar-refractivity contribution in [1.29, 1.82) is 0 Å². The fraction of sp³-hybridized carbons (Fsp3) is 0.353. The van der Waals surface area contributed by atoms with E-state index in [-0.39, 0.29) is 11.9 Å². The lowest BCUT2D eigenvalue weighted by Gasteiger charge is -2.20. The third kappa shape index (κ3) is 3.45. The maximum absolute atomic E-state index is 12.6. The molecule has 0 aliphatic rings. The highest BCUT2D eigenvalue weighted by Gasteiger charge is 2.18. The molecule has 0 aliphatic heterocycles. The van der Waals surface area contributed by atoms with Gasteiger partial charge in [-0.05, 0) is 32.4 Å². The molecule has 1 aromatic carbocycles.